The Labute approximate surface area is 178 Å². The summed E-state index contributed by atoms with van der Waals surface area (Å²) in [6, 6.07) is 5.23. The maximum atomic E-state index is 13.1. The van der Waals surface area contributed by atoms with Gasteiger partial charge in [-0.3, -0.25) is 4.79 Å². The van der Waals surface area contributed by atoms with Gasteiger partial charge in [0.1, 0.15) is 11.6 Å². The summed E-state index contributed by atoms with van der Waals surface area (Å²) < 4.78 is 26.6. The Hall–Kier alpha value is -2.52. The second-order valence-corrected chi connectivity index (χ2v) is 10.0. The summed E-state index contributed by atoms with van der Waals surface area (Å²) in [7, 11) is -0.641. The molecule has 0 bridgehead atoms. The Kier molecular flexibility index (Phi) is 6.14. The van der Waals surface area contributed by atoms with Crippen molar-refractivity contribution in [3.05, 3.63) is 46.4 Å². The van der Waals surface area contributed by atoms with Crippen LogP contribution in [0.5, 0.6) is 0 Å². The molecule has 30 heavy (non-hydrogen) atoms. The molecule has 2 aromatic rings. The molecule has 1 aromatic heterocycles. The van der Waals surface area contributed by atoms with E-state index >= 15 is 0 Å². The molecule has 0 aliphatic carbocycles. The van der Waals surface area contributed by atoms with E-state index in [4.69, 9.17) is 0 Å². The predicted octanol–water partition coefficient (Wildman–Crippen LogP) is 1.92. The molecule has 0 spiro atoms. The molecule has 1 aliphatic heterocycles. The van der Waals surface area contributed by atoms with Gasteiger partial charge in [0.05, 0.1) is 4.90 Å². The van der Waals surface area contributed by atoms with Crippen molar-refractivity contribution in [3.63, 3.8) is 0 Å². The summed E-state index contributed by atoms with van der Waals surface area (Å²) in [5.41, 5.74) is 2.77. The van der Waals surface area contributed by atoms with E-state index < -0.39 is 10.0 Å². The summed E-state index contributed by atoms with van der Waals surface area (Å²) >= 11 is 0. The van der Waals surface area contributed by atoms with Gasteiger partial charge in [-0.2, -0.15) is 0 Å². The molecule has 0 N–H and O–H groups in total. The van der Waals surface area contributed by atoms with Crippen molar-refractivity contribution in [2.45, 2.75) is 32.6 Å². The van der Waals surface area contributed by atoms with Gasteiger partial charge in [0, 0.05) is 57.6 Å². The summed E-state index contributed by atoms with van der Waals surface area (Å²) in [6.07, 6.45) is 0. The minimum atomic E-state index is -3.63. The number of carbonyl (C=O) groups is 1. The summed E-state index contributed by atoms with van der Waals surface area (Å²) in [5.74, 6) is 1.45. The van der Waals surface area contributed by atoms with Gasteiger partial charge in [0.15, 0.2) is 0 Å². The molecule has 8 nitrogen and oxygen atoms in total. The van der Waals surface area contributed by atoms with Gasteiger partial charge in [-0.1, -0.05) is 0 Å². The molecular weight excluding hydrogens is 402 g/mol. The minimum Gasteiger partial charge on any atom is -0.353 e. The molecule has 0 saturated carbocycles. The molecule has 1 amide bonds. The van der Waals surface area contributed by atoms with E-state index in [9.17, 15) is 13.2 Å². The van der Waals surface area contributed by atoms with Gasteiger partial charge < -0.3 is 9.80 Å². The van der Waals surface area contributed by atoms with E-state index in [1.54, 1.807) is 17.9 Å². The zero-order chi connectivity index (χ0) is 22.2. The van der Waals surface area contributed by atoms with Gasteiger partial charge in [-0.15, -0.1) is 0 Å². The van der Waals surface area contributed by atoms with Crippen molar-refractivity contribution in [2.24, 2.45) is 0 Å². The Morgan fingerprint density at radius 1 is 0.967 bits per heavy atom. The van der Waals surface area contributed by atoms with Crippen LogP contribution >= 0.6 is 0 Å². The highest BCUT2D eigenvalue weighted by molar-refractivity contribution is 7.89. The van der Waals surface area contributed by atoms with Crippen LogP contribution in [-0.2, 0) is 10.0 Å². The highest BCUT2D eigenvalue weighted by Gasteiger charge is 2.27. The van der Waals surface area contributed by atoms with Crippen molar-refractivity contribution in [2.75, 3.05) is 45.2 Å². The van der Waals surface area contributed by atoms with E-state index in [-0.39, 0.29) is 10.8 Å². The fourth-order valence-electron chi connectivity index (χ4n) is 3.60. The Bertz CT molecular complexity index is 1050. The van der Waals surface area contributed by atoms with Crippen LogP contribution in [0.4, 0.5) is 5.82 Å². The fraction of sp³-hybridized carbons (Fsp3) is 0.476. The van der Waals surface area contributed by atoms with E-state index in [1.165, 1.54) is 24.5 Å². The van der Waals surface area contributed by atoms with E-state index in [2.05, 4.69) is 14.9 Å². The van der Waals surface area contributed by atoms with Gasteiger partial charge >= 0.3 is 0 Å². The molecule has 0 unspecified atom stereocenters. The number of hydrogen-bond donors (Lipinski definition) is 0. The SMILES string of the molecule is Cc1cc(N2CCN(C(=O)c3cc(C)c(C)c(S(=O)(=O)N(C)C)c3)CC2)nc(C)n1. The van der Waals surface area contributed by atoms with Crippen LogP contribution in [0.2, 0.25) is 0 Å². The Morgan fingerprint density at radius 2 is 1.60 bits per heavy atom. The monoisotopic (exact) mass is 431 g/mol. The van der Waals surface area contributed by atoms with Crippen LogP contribution in [0.25, 0.3) is 0 Å². The average Bonchev–Trinajstić information content (AvgIpc) is 2.68. The van der Waals surface area contributed by atoms with E-state index in [1.807, 2.05) is 26.8 Å². The molecule has 1 aromatic carbocycles. The zero-order valence-electron chi connectivity index (χ0n) is 18.4. The van der Waals surface area contributed by atoms with Crippen molar-refractivity contribution < 1.29 is 13.2 Å². The van der Waals surface area contributed by atoms with Gasteiger partial charge in [-0.25, -0.2) is 22.7 Å². The standard InChI is InChI=1S/C21H29N5O3S/c1-14-11-18(13-19(16(14)3)30(28,29)24(5)6)21(27)26-9-7-25(8-10-26)20-12-15(2)22-17(4)23-20/h11-13H,7-10H2,1-6H3. The first-order valence-electron chi connectivity index (χ1n) is 9.91. The molecule has 0 radical (unpaired) electrons. The molecule has 0 atom stereocenters. The summed E-state index contributed by atoms with van der Waals surface area (Å²) in [5, 5.41) is 0. The molecule has 162 valence electrons. The van der Waals surface area contributed by atoms with E-state index in [0.717, 1.165) is 22.9 Å². The first-order chi connectivity index (χ1) is 14.0. The highest BCUT2D eigenvalue weighted by Crippen LogP contribution is 2.25. The van der Waals surface area contributed by atoms with Crippen molar-refractivity contribution >= 4 is 21.7 Å². The second-order valence-electron chi connectivity index (χ2n) is 7.90. The first kappa shape index (κ1) is 22.2. The normalized spacial score (nSPS) is 15.0. The molecular formula is C21H29N5O3S. The molecule has 1 aliphatic rings. The van der Waals surface area contributed by atoms with Crippen LogP contribution in [0, 0.1) is 27.7 Å². The van der Waals surface area contributed by atoms with Crippen LogP contribution in [0.1, 0.15) is 33.0 Å². The van der Waals surface area contributed by atoms with Gasteiger partial charge in [0.2, 0.25) is 10.0 Å². The third-order valence-corrected chi connectivity index (χ3v) is 7.41. The number of sulfonamides is 1. The number of anilines is 1. The zero-order valence-corrected chi connectivity index (χ0v) is 19.2. The molecule has 1 saturated heterocycles. The minimum absolute atomic E-state index is 0.150. The van der Waals surface area contributed by atoms with Crippen LogP contribution in [0.3, 0.4) is 0 Å². The lowest BCUT2D eigenvalue weighted by atomic mass is 10.0. The number of amides is 1. The summed E-state index contributed by atoms with van der Waals surface area (Å²) in [6.45, 7) is 9.83. The fourth-order valence-corrected chi connectivity index (χ4v) is 4.81. The summed E-state index contributed by atoms with van der Waals surface area (Å²) in [4.78, 5) is 26.1. The molecule has 2 heterocycles. The smallest absolute Gasteiger partial charge is 0.254 e. The number of benzene rings is 1. The topological polar surface area (TPSA) is 86.7 Å². The molecule has 1 fully saturated rings. The number of aryl methyl sites for hydroxylation is 3. The first-order valence-corrected chi connectivity index (χ1v) is 11.3. The Morgan fingerprint density at radius 3 is 2.17 bits per heavy atom. The van der Waals surface area contributed by atoms with Crippen molar-refractivity contribution in [1.82, 2.24) is 19.2 Å². The lowest BCUT2D eigenvalue weighted by molar-refractivity contribution is 0.0746. The third kappa shape index (κ3) is 4.32. The number of aromatic nitrogens is 2. The lowest BCUT2D eigenvalue weighted by Crippen LogP contribution is -2.49. The number of nitrogens with zero attached hydrogens (tertiary/aromatic N) is 5. The van der Waals surface area contributed by atoms with Crippen LogP contribution < -0.4 is 4.90 Å². The van der Waals surface area contributed by atoms with Gasteiger partial charge in [0.25, 0.3) is 5.91 Å². The Balaban J connectivity index is 1.81. The van der Waals surface area contributed by atoms with Crippen LogP contribution in [0.15, 0.2) is 23.1 Å². The number of hydrogen-bond acceptors (Lipinski definition) is 6. The number of carbonyl (C=O) groups excluding carboxylic acids is 1. The predicted molar refractivity (Wildman–Crippen MR) is 116 cm³/mol. The third-order valence-electron chi connectivity index (χ3n) is 5.47. The largest absolute Gasteiger partial charge is 0.353 e. The lowest BCUT2D eigenvalue weighted by Gasteiger charge is -2.35. The van der Waals surface area contributed by atoms with Crippen molar-refractivity contribution in [1.29, 1.82) is 0 Å². The number of rotatable bonds is 4. The van der Waals surface area contributed by atoms with Crippen LogP contribution in [-0.4, -0.2) is 73.8 Å². The molecule has 3 rings (SSSR count). The average molecular weight is 432 g/mol. The highest BCUT2D eigenvalue weighted by atomic mass is 32.2. The molecule has 9 heteroatoms. The second kappa shape index (κ2) is 8.31. The van der Waals surface area contributed by atoms with E-state index in [0.29, 0.717) is 37.3 Å². The van der Waals surface area contributed by atoms with Gasteiger partial charge in [-0.05, 0) is 51.0 Å². The number of piperazine rings is 1. The quantitative estimate of drug-likeness (QED) is 0.735. The van der Waals surface area contributed by atoms with Crippen molar-refractivity contribution in [3.8, 4) is 0 Å². The maximum Gasteiger partial charge on any atom is 0.254 e. The maximum absolute atomic E-state index is 13.1.